The summed E-state index contributed by atoms with van der Waals surface area (Å²) in [5.41, 5.74) is 9.41. The summed E-state index contributed by atoms with van der Waals surface area (Å²) in [6.07, 6.45) is 0. The Morgan fingerprint density at radius 2 is 2.26 bits per heavy atom. The number of allylic oxidation sites excluding steroid dienone is 1. The van der Waals surface area contributed by atoms with Gasteiger partial charge in [-0.15, -0.1) is 0 Å². The van der Waals surface area contributed by atoms with Crippen molar-refractivity contribution >= 4 is 17.6 Å². The molecule has 1 aromatic carbocycles. The Bertz CT molecular complexity index is 749. The van der Waals surface area contributed by atoms with Crippen molar-refractivity contribution in [2.45, 2.75) is 19.8 Å². The molecule has 1 aromatic rings. The summed E-state index contributed by atoms with van der Waals surface area (Å²) >= 11 is 0. The Hall–Kier alpha value is -2.76. The van der Waals surface area contributed by atoms with Gasteiger partial charge in [0.25, 0.3) is 0 Å². The molecular formula is C17H18N2O4. The van der Waals surface area contributed by atoms with E-state index in [1.807, 2.05) is 6.07 Å². The van der Waals surface area contributed by atoms with E-state index in [2.05, 4.69) is 5.32 Å². The highest BCUT2D eigenvalue weighted by Crippen LogP contribution is 2.41. The van der Waals surface area contributed by atoms with E-state index in [0.29, 0.717) is 28.2 Å². The highest BCUT2D eigenvalue weighted by Gasteiger charge is 2.41. The molecule has 0 bridgehead atoms. The Kier molecular flexibility index (Phi) is 3.82. The number of esters is 2. The number of nitrogens with two attached hydrogens (primary N) is 1. The van der Waals surface area contributed by atoms with Crippen LogP contribution < -0.4 is 11.1 Å². The smallest absolute Gasteiger partial charge is 0.337 e. The molecule has 0 saturated heterocycles. The maximum absolute atomic E-state index is 12.4. The van der Waals surface area contributed by atoms with Gasteiger partial charge in [0.15, 0.2) is 0 Å². The second kappa shape index (κ2) is 5.79. The number of hydrogen-bond donors (Lipinski definition) is 2. The quantitative estimate of drug-likeness (QED) is 0.650. The lowest BCUT2D eigenvalue weighted by Gasteiger charge is -2.27. The Labute approximate surface area is 133 Å². The number of rotatable bonds is 3. The van der Waals surface area contributed by atoms with Crippen molar-refractivity contribution in [3.8, 4) is 0 Å². The molecule has 3 rings (SSSR count). The summed E-state index contributed by atoms with van der Waals surface area (Å²) in [6.45, 7) is 3.97. The molecule has 3 N–H and O–H groups in total. The van der Waals surface area contributed by atoms with Crippen molar-refractivity contribution < 1.29 is 19.1 Å². The lowest BCUT2D eigenvalue weighted by molar-refractivity contribution is -0.138. The van der Waals surface area contributed by atoms with Gasteiger partial charge in [0, 0.05) is 11.4 Å². The second-order valence-electron chi connectivity index (χ2n) is 5.46. The highest BCUT2D eigenvalue weighted by molar-refractivity contribution is 6.01. The highest BCUT2D eigenvalue weighted by atomic mass is 16.5. The first-order valence-electron chi connectivity index (χ1n) is 7.43. The second-order valence-corrected chi connectivity index (χ2v) is 5.46. The van der Waals surface area contributed by atoms with Crippen molar-refractivity contribution in [1.82, 2.24) is 5.32 Å². The number of nitrogen functional groups attached to an aromatic ring is 1. The maximum Gasteiger partial charge on any atom is 0.337 e. The number of anilines is 1. The van der Waals surface area contributed by atoms with E-state index in [-0.39, 0.29) is 13.2 Å². The van der Waals surface area contributed by atoms with Gasteiger partial charge in [-0.1, -0.05) is 12.1 Å². The number of benzene rings is 1. The third kappa shape index (κ3) is 2.56. The Morgan fingerprint density at radius 1 is 1.48 bits per heavy atom. The lowest BCUT2D eigenvalue weighted by atomic mass is 9.81. The molecule has 0 spiro atoms. The van der Waals surface area contributed by atoms with E-state index in [4.69, 9.17) is 15.2 Å². The molecule has 2 aliphatic rings. The van der Waals surface area contributed by atoms with Crippen LogP contribution in [0.1, 0.15) is 25.3 Å². The van der Waals surface area contributed by atoms with E-state index in [1.165, 1.54) is 0 Å². The summed E-state index contributed by atoms with van der Waals surface area (Å²) < 4.78 is 10.3. The van der Waals surface area contributed by atoms with Crippen LogP contribution in [0.15, 0.2) is 46.8 Å². The number of nitrogens with one attached hydrogen (secondary N) is 1. The largest absolute Gasteiger partial charge is 0.463 e. The average Bonchev–Trinajstić information content (AvgIpc) is 2.87. The van der Waals surface area contributed by atoms with E-state index < -0.39 is 17.9 Å². The number of ether oxygens (including phenoxy) is 2. The third-order valence-electron chi connectivity index (χ3n) is 3.95. The Balaban J connectivity index is 2.15. The first-order valence-corrected chi connectivity index (χ1v) is 7.43. The predicted octanol–water partition coefficient (Wildman–Crippen LogP) is 1.60. The van der Waals surface area contributed by atoms with Crippen LogP contribution in [0.3, 0.4) is 0 Å². The maximum atomic E-state index is 12.4. The molecule has 0 radical (unpaired) electrons. The summed E-state index contributed by atoms with van der Waals surface area (Å²) in [4.78, 5) is 24.6. The van der Waals surface area contributed by atoms with Crippen LogP contribution in [0.5, 0.6) is 0 Å². The lowest BCUT2D eigenvalue weighted by Crippen LogP contribution is -2.30. The van der Waals surface area contributed by atoms with Gasteiger partial charge < -0.3 is 20.5 Å². The van der Waals surface area contributed by atoms with Crippen LogP contribution in [0.4, 0.5) is 5.69 Å². The van der Waals surface area contributed by atoms with Gasteiger partial charge in [0.2, 0.25) is 0 Å². The van der Waals surface area contributed by atoms with Gasteiger partial charge in [-0.2, -0.15) is 0 Å². The zero-order valence-corrected chi connectivity index (χ0v) is 13.0. The van der Waals surface area contributed by atoms with E-state index >= 15 is 0 Å². The fourth-order valence-corrected chi connectivity index (χ4v) is 3.02. The Morgan fingerprint density at radius 3 is 2.96 bits per heavy atom. The number of hydrogen-bond acceptors (Lipinski definition) is 6. The number of dihydropyridines is 1. The average molecular weight is 314 g/mol. The van der Waals surface area contributed by atoms with Crippen LogP contribution >= 0.6 is 0 Å². The molecule has 120 valence electrons. The van der Waals surface area contributed by atoms with Crippen LogP contribution in [-0.2, 0) is 19.1 Å². The molecule has 1 unspecified atom stereocenters. The van der Waals surface area contributed by atoms with Crippen molar-refractivity contribution in [3.05, 3.63) is 52.4 Å². The molecule has 0 amide bonds. The molecule has 0 fully saturated rings. The van der Waals surface area contributed by atoms with Crippen molar-refractivity contribution in [1.29, 1.82) is 0 Å². The normalized spacial score (nSPS) is 20.1. The first kappa shape index (κ1) is 15.1. The van der Waals surface area contributed by atoms with Gasteiger partial charge in [-0.3, -0.25) is 0 Å². The molecule has 1 atom stereocenters. The van der Waals surface area contributed by atoms with Crippen molar-refractivity contribution in [2.75, 3.05) is 18.9 Å². The number of cyclic esters (lactones) is 1. The molecule has 2 aliphatic heterocycles. The van der Waals surface area contributed by atoms with Gasteiger partial charge in [-0.05, 0) is 31.5 Å². The van der Waals surface area contributed by atoms with Crippen molar-refractivity contribution in [2.24, 2.45) is 0 Å². The number of carbonyl (C=O) groups excluding carboxylic acids is 2. The summed E-state index contributed by atoms with van der Waals surface area (Å²) in [6, 6.07) is 7.16. The topological polar surface area (TPSA) is 90.6 Å². The molecule has 0 aromatic heterocycles. The summed E-state index contributed by atoms with van der Waals surface area (Å²) in [5, 5.41) is 3.09. The summed E-state index contributed by atoms with van der Waals surface area (Å²) in [7, 11) is 0. The van der Waals surface area contributed by atoms with Crippen LogP contribution in [0.2, 0.25) is 0 Å². The van der Waals surface area contributed by atoms with Crippen molar-refractivity contribution in [3.63, 3.8) is 0 Å². The minimum absolute atomic E-state index is 0.181. The van der Waals surface area contributed by atoms with E-state index in [9.17, 15) is 9.59 Å². The molecule has 2 heterocycles. The van der Waals surface area contributed by atoms with Crippen LogP contribution in [-0.4, -0.2) is 25.2 Å². The SMILES string of the molecule is CCOC(=O)C1=C(C)NC2=C(C(=O)OC2)C1c1cccc(N)c1. The van der Waals surface area contributed by atoms with Gasteiger partial charge in [0.1, 0.15) is 6.61 Å². The van der Waals surface area contributed by atoms with Gasteiger partial charge in [0.05, 0.1) is 29.4 Å². The summed E-state index contributed by atoms with van der Waals surface area (Å²) in [5.74, 6) is -1.41. The predicted molar refractivity (Wildman–Crippen MR) is 84.0 cm³/mol. The van der Waals surface area contributed by atoms with E-state index in [0.717, 1.165) is 5.56 Å². The first-order chi connectivity index (χ1) is 11.0. The minimum Gasteiger partial charge on any atom is -0.463 e. The molecule has 6 nitrogen and oxygen atoms in total. The van der Waals surface area contributed by atoms with Crippen LogP contribution in [0.25, 0.3) is 0 Å². The molecular weight excluding hydrogens is 296 g/mol. The monoisotopic (exact) mass is 314 g/mol. The number of carbonyl (C=O) groups is 2. The van der Waals surface area contributed by atoms with Gasteiger partial charge in [-0.25, -0.2) is 9.59 Å². The molecule has 23 heavy (non-hydrogen) atoms. The standard InChI is InChI=1S/C17H18N2O4/c1-3-22-16(20)13-9(2)19-12-8-23-17(21)15(12)14(13)10-5-4-6-11(18)7-10/h4-7,14,19H,3,8,18H2,1-2H3. The molecule has 6 heteroatoms. The van der Waals surface area contributed by atoms with Gasteiger partial charge >= 0.3 is 11.9 Å². The third-order valence-corrected chi connectivity index (χ3v) is 3.95. The zero-order chi connectivity index (χ0) is 16.6. The molecule has 0 aliphatic carbocycles. The fourth-order valence-electron chi connectivity index (χ4n) is 3.02. The zero-order valence-electron chi connectivity index (χ0n) is 13.0. The fraction of sp³-hybridized carbons (Fsp3) is 0.294. The minimum atomic E-state index is -0.538. The van der Waals surface area contributed by atoms with Crippen LogP contribution in [0, 0.1) is 0 Å². The molecule has 0 saturated carbocycles. The van der Waals surface area contributed by atoms with E-state index in [1.54, 1.807) is 32.0 Å².